The van der Waals surface area contributed by atoms with E-state index in [9.17, 15) is 15.0 Å². The van der Waals surface area contributed by atoms with Gasteiger partial charge in [0.25, 0.3) is 5.91 Å². The number of alkyl halides is 1. The normalized spacial score (nSPS) is 15.5. The van der Waals surface area contributed by atoms with Crippen LogP contribution in [0.1, 0.15) is 69.3 Å². The van der Waals surface area contributed by atoms with Gasteiger partial charge in [-0.2, -0.15) is 0 Å². The number of phenolic OH excluding ortho intramolecular Hbond substituents is 1. The van der Waals surface area contributed by atoms with E-state index < -0.39 is 11.0 Å². The van der Waals surface area contributed by atoms with E-state index in [1.807, 2.05) is 26.8 Å². The van der Waals surface area contributed by atoms with Gasteiger partial charge in [0, 0.05) is 12.1 Å². The van der Waals surface area contributed by atoms with Crippen LogP contribution in [0.15, 0.2) is 29.4 Å². The van der Waals surface area contributed by atoms with E-state index in [1.54, 1.807) is 6.07 Å². The number of carbonyl (C=O) groups is 1. The average Bonchev–Trinajstić information content (AvgIpc) is 3.07. The first-order valence-corrected chi connectivity index (χ1v) is 10.9. The van der Waals surface area contributed by atoms with E-state index in [1.165, 1.54) is 18.3 Å². The van der Waals surface area contributed by atoms with Gasteiger partial charge in [-0.1, -0.05) is 17.2 Å². The summed E-state index contributed by atoms with van der Waals surface area (Å²) in [5.41, 5.74) is 3.35. The molecule has 1 atom stereocenters. The van der Waals surface area contributed by atoms with Gasteiger partial charge in [0.1, 0.15) is 6.61 Å². The zero-order chi connectivity index (χ0) is 23.2. The summed E-state index contributed by atoms with van der Waals surface area (Å²) in [6.07, 6.45) is 6.88. The van der Waals surface area contributed by atoms with Gasteiger partial charge >= 0.3 is 0 Å². The Morgan fingerprint density at radius 3 is 2.61 bits per heavy atom. The van der Waals surface area contributed by atoms with Crippen LogP contribution in [0, 0.1) is 0 Å². The Hall–Kier alpha value is -2.18. The second-order valence-corrected chi connectivity index (χ2v) is 9.51. The molecular formula is C24H34ClNO5. The standard InChI is InChI=1S/C24H34ClNO5/c1-15(9-10-20(27)24(3,4)25)7-6-8-16(2)11-12-31-22-19(30-5)13-17-18(21(22)28)14-26-23(17)29/h7,11,13,20,27-28H,6,8-10,12,14H2,1-5H3,(H,26,29)/t20-/m0/s1. The summed E-state index contributed by atoms with van der Waals surface area (Å²) in [6.45, 7) is 8.31. The SMILES string of the molecule is COc1cc2c(c(O)c1OCC=C(C)CCC=C(C)CC[C@H](O)C(C)(C)Cl)CNC2=O. The van der Waals surface area contributed by atoms with Crippen molar-refractivity contribution in [3.8, 4) is 17.2 Å². The molecule has 0 radical (unpaired) electrons. The lowest BCUT2D eigenvalue weighted by Crippen LogP contribution is -2.29. The number of hydrogen-bond donors (Lipinski definition) is 3. The summed E-state index contributed by atoms with van der Waals surface area (Å²) < 4.78 is 11.1. The van der Waals surface area contributed by atoms with Crippen LogP contribution in [0.5, 0.6) is 17.2 Å². The molecule has 0 spiro atoms. The molecule has 1 amide bonds. The first-order chi connectivity index (χ1) is 14.5. The Labute approximate surface area is 189 Å². The summed E-state index contributed by atoms with van der Waals surface area (Å²) in [6, 6.07) is 1.60. The van der Waals surface area contributed by atoms with Crippen molar-refractivity contribution < 1.29 is 24.5 Å². The molecule has 2 rings (SSSR count). The molecule has 1 aliphatic rings. The molecule has 0 saturated heterocycles. The first kappa shape index (κ1) is 25.1. The van der Waals surface area contributed by atoms with Crippen molar-refractivity contribution in [1.82, 2.24) is 5.32 Å². The molecule has 0 aliphatic carbocycles. The molecule has 1 aliphatic heterocycles. The molecule has 0 fully saturated rings. The van der Waals surface area contributed by atoms with Crippen LogP contribution in [-0.4, -0.2) is 40.8 Å². The van der Waals surface area contributed by atoms with Crippen molar-refractivity contribution in [3.63, 3.8) is 0 Å². The number of aromatic hydroxyl groups is 1. The summed E-state index contributed by atoms with van der Waals surface area (Å²) in [7, 11) is 1.48. The molecule has 0 unspecified atom stereocenters. The number of halogens is 1. The number of carbonyl (C=O) groups excluding carboxylic acids is 1. The third-order valence-corrected chi connectivity index (χ3v) is 5.76. The Bertz CT molecular complexity index is 855. The fraction of sp³-hybridized carbons (Fsp3) is 0.542. The average molecular weight is 452 g/mol. The van der Waals surface area contributed by atoms with E-state index >= 15 is 0 Å². The van der Waals surface area contributed by atoms with Crippen molar-refractivity contribution in [3.05, 3.63) is 40.5 Å². The zero-order valence-corrected chi connectivity index (χ0v) is 19.8. The summed E-state index contributed by atoms with van der Waals surface area (Å²) >= 11 is 6.14. The molecule has 0 aromatic heterocycles. The van der Waals surface area contributed by atoms with Crippen LogP contribution in [-0.2, 0) is 6.54 Å². The van der Waals surface area contributed by atoms with Gasteiger partial charge in [-0.05, 0) is 65.5 Å². The molecule has 1 aromatic carbocycles. The lowest BCUT2D eigenvalue weighted by molar-refractivity contribution is 0.0965. The number of hydrogen-bond acceptors (Lipinski definition) is 5. The largest absolute Gasteiger partial charge is 0.504 e. The van der Waals surface area contributed by atoms with Crippen LogP contribution >= 0.6 is 11.6 Å². The van der Waals surface area contributed by atoms with Crippen LogP contribution < -0.4 is 14.8 Å². The number of aliphatic hydroxyl groups is 1. The number of benzene rings is 1. The number of aliphatic hydroxyl groups excluding tert-OH is 1. The van der Waals surface area contributed by atoms with Crippen molar-refractivity contribution in [2.75, 3.05) is 13.7 Å². The third kappa shape index (κ3) is 6.91. The summed E-state index contributed by atoms with van der Waals surface area (Å²) in [5.74, 6) is 0.299. The minimum Gasteiger partial charge on any atom is -0.504 e. The van der Waals surface area contributed by atoms with Gasteiger partial charge in [-0.15, -0.1) is 11.6 Å². The topological polar surface area (TPSA) is 88.0 Å². The quantitative estimate of drug-likeness (QED) is 0.330. The highest BCUT2D eigenvalue weighted by molar-refractivity contribution is 6.23. The van der Waals surface area contributed by atoms with E-state index in [-0.39, 0.29) is 30.6 Å². The van der Waals surface area contributed by atoms with Gasteiger partial charge in [0.15, 0.2) is 11.5 Å². The Morgan fingerprint density at radius 2 is 1.97 bits per heavy atom. The molecular weight excluding hydrogens is 418 g/mol. The molecule has 7 heteroatoms. The second-order valence-electron chi connectivity index (χ2n) is 8.53. The predicted molar refractivity (Wildman–Crippen MR) is 123 cm³/mol. The lowest BCUT2D eigenvalue weighted by atomic mass is 9.98. The lowest BCUT2D eigenvalue weighted by Gasteiger charge is -2.23. The second kappa shape index (κ2) is 10.9. The minimum absolute atomic E-state index is 0.0559. The van der Waals surface area contributed by atoms with Crippen LogP contribution in [0.4, 0.5) is 0 Å². The molecule has 172 valence electrons. The van der Waals surface area contributed by atoms with Gasteiger partial charge in [-0.25, -0.2) is 0 Å². The van der Waals surface area contributed by atoms with Crippen molar-refractivity contribution in [2.45, 2.75) is 70.9 Å². The van der Waals surface area contributed by atoms with Crippen LogP contribution in [0.25, 0.3) is 0 Å². The van der Waals surface area contributed by atoms with Gasteiger partial charge < -0.3 is 25.0 Å². The number of methoxy groups -OCH3 is 1. The number of nitrogens with one attached hydrogen (secondary N) is 1. The highest BCUT2D eigenvalue weighted by Gasteiger charge is 2.27. The molecule has 1 aromatic rings. The van der Waals surface area contributed by atoms with Gasteiger partial charge in [0.05, 0.1) is 23.7 Å². The number of phenols is 1. The van der Waals surface area contributed by atoms with Crippen LogP contribution in [0.2, 0.25) is 0 Å². The van der Waals surface area contributed by atoms with Crippen molar-refractivity contribution >= 4 is 17.5 Å². The van der Waals surface area contributed by atoms with E-state index in [2.05, 4.69) is 18.3 Å². The Balaban J connectivity index is 1.86. The maximum absolute atomic E-state index is 11.8. The van der Waals surface area contributed by atoms with Gasteiger partial charge in [-0.3, -0.25) is 4.79 Å². The van der Waals surface area contributed by atoms with E-state index in [0.717, 1.165) is 19.3 Å². The number of ether oxygens (including phenoxy) is 2. The smallest absolute Gasteiger partial charge is 0.252 e. The molecule has 3 N–H and O–H groups in total. The maximum atomic E-state index is 11.8. The number of amides is 1. The van der Waals surface area contributed by atoms with E-state index in [4.69, 9.17) is 21.1 Å². The third-order valence-electron chi connectivity index (χ3n) is 5.51. The van der Waals surface area contributed by atoms with Crippen molar-refractivity contribution in [1.29, 1.82) is 0 Å². The maximum Gasteiger partial charge on any atom is 0.252 e. The molecule has 1 heterocycles. The highest BCUT2D eigenvalue weighted by atomic mass is 35.5. The number of rotatable bonds is 11. The summed E-state index contributed by atoms with van der Waals surface area (Å²) in [4.78, 5) is 11.2. The van der Waals surface area contributed by atoms with Crippen LogP contribution in [0.3, 0.4) is 0 Å². The first-order valence-electron chi connectivity index (χ1n) is 10.6. The van der Waals surface area contributed by atoms with E-state index in [0.29, 0.717) is 23.3 Å². The van der Waals surface area contributed by atoms with Gasteiger partial charge in [0.2, 0.25) is 5.75 Å². The van der Waals surface area contributed by atoms with Crippen molar-refractivity contribution in [2.24, 2.45) is 0 Å². The fourth-order valence-corrected chi connectivity index (χ4v) is 3.44. The highest BCUT2D eigenvalue weighted by Crippen LogP contribution is 2.42. The minimum atomic E-state index is -0.610. The zero-order valence-electron chi connectivity index (χ0n) is 19.0. The number of allylic oxidation sites excluding steroid dienone is 3. The Kier molecular flexibility index (Phi) is 8.83. The molecule has 6 nitrogen and oxygen atoms in total. The monoisotopic (exact) mass is 451 g/mol. The fourth-order valence-electron chi connectivity index (χ4n) is 3.33. The molecule has 0 saturated carbocycles. The number of fused-ring (bicyclic) bond motifs is 1. The molecule has 31 heavy (non-hydrogen) atoms. The predicted octanol–water partition coefficient (Wildman–Crippen LogP) is 4.85. The Morgan fingerprint density at radius 1 is 1.29 bits per heavy atom. The molecule has 0 bridgehead atoms. The summed E-state index contributed by atoms with van der Waals surface area (Å²) in [5, 5.41) is 23.2.